The third-order valence-electron chi connectivity index (χ3n) is 4.62. The van der Waals surface area contributed by atoms with Gasteiger partial charge >= 0.3 is 0 Å². The van der Waals surface area contributed by atoms with Crippen molar-refractivity contribution in [1.82, 2.24) is 0 Å². The summed E-state index contributed by atoms with van der Waals surface area (Å²) in [6, 6.07) is 0. The molecule has 0 aromatic carbocycles. The van der Waals surface area contributed by atoms with Crippen LogP contribution in [0.15, 0.2) is 0 Å². The van der Waals surface area contributed by atoms with E-state index in [0.717, 1.165) is 51.4 Å². The summed E-state index contributed by atoms with van der Waals surface area (Å²) < 4.78 is 0. The van der Waals surface area contributed by atoms with Gasteiger partial charge in [-0.25, -0.2) is 0 Å². The summed E-state index contributed by atoms with van der Waals surface area (Å²) in [5, 5.41) is 20.7. The highest BCUT2D eigenvalue weighted by atomic mass is 16.3. The van der Waals surface area contributed by atoms with Gasteiger partial charge in [0.05, 0.1) is 11.2 Å². The van der Waals surface area contributed by atoms with Crippen LogP contribution in [0.1, 0.15) is 77.0 Å². The second-order valence-electron chi connectivity index (χ2n) is 6.46. The first-order valence-corrected chi connectivity index (χ1v) is 7.48. The second-order valence-corrected chi connectivity index (χ2v) is 6.46. The molecule has 2 aliphatic carbocycles. The molecular weight excluding hydrogens is 228 g/mol. The SMILES string of the molecule is O=C(CC1(O)CCCCC1)CC1(O)CCCCC1. The molecule has 3 heteroatoms. The minimum Gasteiger partial charge on any atom is -0.389 e. The average Bonchev–Trinajstić information content (AvgIpc) is 2.29. The molecule has 2 fully saturated rings. The van der Waals surface area contributed by atoms with E-state index in [-0.39, 0.29) is 18.6 Å². The summed E-state index contributed by atoms with van der Waals surface area (Å²) in [4.78, 5) is 12.1. The molecule has 0 heterocycles. The van der Waals surface area contributed by atoms with Gasteiger partial charge in [-0.2, -0.15) is 0 Å². The molecule has 2 saturated carbocycles. The van der Waals surface area contributed by atoms with Gasteiger partial charge in [0.1, 0.15) is 5.78 Å². The zero-order valence-corrected chi connectivity index (χ0v) is 11.3. The summed E-state index contributed by atoms with van der Waals surface area (Å²) in [6.45, 7) is 0. The van der Waals surface area contributed by atoms with Crippen LogP contribution < -0.4 is 0 Å². The fraction of sp³-hybridized carbons (Fsp3) is 0.933. The predicted octanol–water partition coefficient (Wildman–Crippen LogP) is 2.73. The van der Waals surface area contributed by atoms with E-state index < -0.39 is 11.2 Å². The lowest BCUT2D eigenvalue weighted by Gasteiger charge is -2.34. The molecule has 0 radical (unpaired) electrons. The van der Waals surface area contributed by atoms with Crippen molar-refractivity contribution in [1.29, 1.82) is 0 Å². The van der Waals surface area contributed by atoms with Gasteiger partial charge in [-0.15, -0.1) is 0 Å². The van der Waals surface area contributed by atoms with Crippen LogP contribution in [0.2, 0.25) is 0 Å². The van der Waals surface area contributed by atoms with Crippen LogP contribution in [0.4, 0.5) is 0 Å². The lowest BCUT2D eigenvalue weighted by atomic mass is 9.77. The van der Waals surface area contributed by atoms with E-state index in [1.165, 1.54) is 12.8 Å². The fourth-order valence-electron chi connectivity index (χ4n) is 3.57. The van der Waals surface area contributed by atoms with E-state index in [9.17, 15) is 15.0 Å². The summed E-state index contributed by atoms with van der Waals surface area (Å²) in [6.07, 6.45) is 9.90. The quantitative estimate of drug-likeness (QED) is 0.811. The van der Waals surface area contributed by atoms with Gasteiger partial charge in [-0.1, -0.05) is 38.5 Å². The van der Waals surface area contributed by atoms with Gasteiger partial charge in [0.2, 0.25) is 0 Å². The van der Waals surface area contributed by atoms with Crippen LogP contribution in [0.5, 0.6) is 0 Å². The van der Waals surface area contributed by atoms with Crippen molar-refractivity contribution < 1.29 is 15.0 Å². The van der Waals surface area contributed by atoms with E-state index in [0.29, 0.717) is 0 Å². The number of hydrogen-bond acceptors (Lipinski definition) is 3. The number of hydrogen-bond donors (Lipinski definition) is 2. The molecule has 0 saturated heterocycles. The largest absolute Gasteiger partial charge is 0.389 e. The topological polar surface area (TPSA) is 57.5 Å². The van der Waals surface area contributed by atoms with Gasteiger partial charge in [0.15, 0.2) is 0 Å². The molecule has 0 atom stereocenters. The predicted molar refractivity (Wildman–Crippen MR) is 70.3 cm³/mol. The zero-order valence-electron chi connectivity index (χ0n) is 11.3. The molecule has 2 aliphatic rings. The Morgan fingerprint density at radius 2 is 1.06 bits per heavy atom. The Balaban J connectivity index is 1.83. The molecule has 0 aromatic rings. The molecule has 0 unspecified atom stereocenters. The first kappa shape index (κ1) is 14.0. The van der Waals surface area contributed by atoms with Gasteiger partial charge in [-0.3, -0.25) is 4.79 Å². The second kappa shape index (κ2) is 5.70. The fourth-order valence-corrected chi connectivity index (χ4v) is 3.57. The Morgan fingerprint density at radius 3 is 1.39 bits per heavy atom. The average molecular weight is 254 g/mol. The van der Waals surface area contributed by atoms with E-state index in [1.807, 2.05) is 0 Å². The summed E-state index contributed by atoms with van der Waals surface area (Å²) in [5.74, 6) is 0.0452. The number of aliphatic hydroxyl groups is 2. The number of ketones is 1. The summed E-state index contributed by atoms with van der Waals surface area (Å²) >= 11 is 0. The third-order valence-corrected chi connectivity index (χ3v) is 4.62. The Bertz CT molecular complexity index is 258. The van der Waals surface area contributed by atoms with E-state index >= 15 is 0 Å². The van der Waals surface area contributed by atoms with Gasteiger partial charge in [-0.05, 0) is 25.7 Å². The summed E-state index contributed by atoms with van der Waals surface area (Å²) in [7, 11) is 0. The van der Waals surface area contributed by atoms with Crippen molar-refractivity contribution >= 4 is 5.78 Å². The number of rotatable bonds is 4. The highest BCUT2D eigenvalue weighted by Gasteiger charge is 2.36. The summed E-state index contributed by atoms with van der Waals surface area (Å²) in [5.41, 5.74) is -1.55. The third kappa shape index (κ3) is 3.79. The van der Waals surface area contributed by atoms with Crippen LogP contribution in [0.25, 0.3) is 0 Å². The van der Waals surface area contributed by atoms with Gasteiger partial charge in [0.25, 0.3) is 0 Å². The molecule has 0 amide bonds. The molecule has 2 rings (SSSR count). The number of carbonyl (C=O) groups excluding carboxylic acids is 1. The maximum Gasteiger partial charge on any atom is 0.138 e. The van der Waals surface area contributed by atoms with E-state index in [4.69, 9.17) is 0 Å². The van der Waals surface area contributed by atoms with Gasteiger partial charge < -0.3 is 10.2 Å². The van der Waals surface area contributed by atoms with Crippen molar-refractivity contribution in [2.45, 2.75) is 88.3 Å². The molecule has 0 aliphatic heterocycles. The molecule has 18 heavy (non-hydrogen) atoms. The van der Waals surface area contributed by atoms with Crippen molar-refractivity contribution in [3.05, 3.63) is 0 Å². The number of Topliss-reactive ketones (excluding diaryl/α,β-unsaturated/α-hetero) is 1. The molecule has 0 aromatic heterocycles. The monoisotopic (exact) mass is 254 g/mol. The van der Waals surface area contributed by atoms with Crippen molar-refractivity contribution in [2.24, 2.45) is 0 Å². The van der Waals surface area contributed by atoms with Crippen LogP contribution in [0.3, 0.4) is 0 Å². The smallest absolute Gasteiger partial charge is 0.138 e. The number of carbonyl (C=O) groups is 1. The lowest BCUT2D eigenvalue weighted by Crippen LogP contribution is -2.38. The minimum atomic E-state index is -0.777. The molecule has 2 N–H and O–H groups in total. The molecule has 0 bridgehead atoms. The first-order valence-electron chi connectivity index (χ1n) is 7.48. The first-order chi connectivity index (χ1) is 8.52. The standard InChI is InChI=1S/C15H26O3/c16-13(11-14(17)7-3-1-4-8-14)12-15(18)9-5-2-6-10-15/h17-18H,1-12H2. The Labute approximate surface area is 110 Å². The molecule has 104 valence electrons. The van der Waals surface area contributed by atoms with Gasteiger partial charge in [0, 0.05) is 12.8 Å². The zero-order chi connectivity index (χ0) is 13.1. The Hall–Kier alpha value is -0.410. The lowest BCUT2D eigenvalue weighted by molar-refractivity contribution is -0.131. The highest BCUT2D eigenvalue weighted by molar-refractivity contribution is 5.80. The maximum absolute atomic E-state index is 12.1. The van der Waals surface area contributed by atoms with Crippen molar-refractivity contribution in [2.75, 3.05) is 0 Å². The maximum atomic E-state index is 12.1. The highest BCUT2D eigenvalue weighted by Crippen LogP contribution is 2.35. The Morgan fingerprint density at radius 1 is 0.722 bits per heavy atom. The van der Waals surface area contributed by atoms with Crippen molar-refractivity contribution in [3.8, 4) is 0 Å². The van der Waals surface area contributed by atoms with Crippen molar-refractivity contribution in [3.63, 3.8) is 0 Å². The van der Waals surface area contributed by atoms with Crippen LogP contribution in [-0.4, -0.2) is 27.2 Å². The van der Waals surface area contributed by atoms with Crippen LogP contribution >= 0.6 is 0 Å². The normalized spacial score (nSPS) is 26.8. The van der Waals surface area contributed by atoms with E-state index in [2.05, 4.69) is 0 Å². The minimum absolute atomic E-state index is 0.0452. The molecular formula is C15H26O3. The van der Waals surface area contributed by atoms with Crippen LogP contribution in [0, 0.1) is 0 Å². The molecule has 3 nitrogen and oxygen atoms in total. The van der Waals surface area contributed by atoms with E-state index in [1.54, 1.807) is 0 Å². The Kier molecular flexibility index (Phi) is 4.44. The molecule has 0 spiro atoms. The van der Waals surface area contributed by atoms with Crippen LogP contribution in [-0.2, 0) is 4.79 Å².